The molecule has 0 radical (unpaired) electrons. The summed E-state index contributed by atoms with van der Waals surface area (Å²) in [5.41, 5.74) is 8.57. The number of amides is 1. The van der Waals surface area contributed by atoms with Crippen LogP contribution in [0.2, 0.25) is 0 Å². The van der Waals surface area contributed by atoms with Gasteiger partial charge in [-0.15, -0.1) is 0 Å². The minimum absolute atomic E-state index is 0.200. The molecule has 0 unspecified atom stereocenters. The van der Waals surface area contributed by atoms with Gasteiger partial charge in [-0.1, -0.05) is 18.2 Å². The van der Waals surface area contributed by atoms with Crippen LogP contribution in [0.15, 0.2) is 48.5 Å². The second-order valence-electron chi connectivity index (χ2n) is 6.68. The number of carbonyl (C=O) groups is 1. The zero-order chi connectivity index (χ0) is 21.1. The average molecular weight is 403 g/mol. The number of aromatic nitrogens is 4. The zero-order valence-electron chi connectivity index (χ0n) is 15.9. The van der Waals surface area contributed by atoms with Crippen molar-refractivity contribution < 1.29 is 9.18 Å². The first-order valence-corrected chi connectivity index (χ1v) is 9.33. The van der Waals surface area contributed by atoms with Gasteiger partial charge in [0.25, 0.3) is 5.91 Å². The van der Waals surface area contributed by atoms with E-state index in [0.29, 0.717) is 36.5 Å². The van der Waals surface area contributed by atoms with Crippen LogP contribution in [-0.4, -0.2) is 32.4 Å². The van der Waals surface area contributed by atoms with Crippen LogP contribution in [0.3, 0.4) is 0 Å². The van der Waals surface area contributed by atoms with Gasteiger partial charge >= 0.3 is 0 Å². The van der Waals surface area contributed by atoms with E-state index in [9.17, 15) is 14.4 Å². The molecule has 0 atom stereocenters. The van der Waals surface area contributed by atoms with Crippen molar-refractivity contribution >= 4 is 22.6 Å². The molecule has 0 saturated carbocycles. The Hall–Kier alpha value is -4.19. The number of hydrogen-bond acceptors (Lipinski definition) is 5. The number of para-hydroxylation sites is 1. The van der Waals surface area contributed by atoms with Crippen molar-refractivity contribution in [1.82, 2.24) is 25.3 Å². The molecule has 0 aliphatic carbocycles. The first-order valence-electron chi connectivity index (χ1n) is 9.33. The van der Waals surface area contributed by atoms with Crippen LogP contribution in [0.5, 0.6) is 0 Å². The summed E-state index contributed by atoms with van der Waals surface area (Å²) in [6, 6.07) is 15.2. The molecule has 8 nitrogen and oxygen atoms in total. The largest absolute Gasteiger partial charge is 0.382 e. The third-order valence-electron chi connectivity index (χ3n) is 4.74. The lowest BCUT2D eigenvalue weighted by atomic mass is 10.1. The van der Waals surface area contributed by atoms with E-state index >= 15 is 0 Å². The molecule has 4 N–H and O–H groups in total. The van der Waals surface area contributed by atoms with Crippen molar-refractivity contribution in [3.8, 4) is 11.8 Å². The maximum absolute atomic E-state index is 13.2. The molecule has 2 aromatic carbocycles. The number of aromatic amines is 1. The highest BCUT2D eigenvalue weighted by molar-refractivity contribution is 6.04. The summed E-state index contributed by atoms with van der Waals surface area (Å²) >= 11 is 0. The molecule has 2 aromatic heterocycles. The third kappa shape index (κ3) is 3.58. The second-order valence-corrected chi connectivity index (χ2v) is 6.68. The van der Waals surface area contributed by atoms with Gasteiger partial charge in [-0.25, -0.2) is 9.07 Å². The number of rotatable bonds is 6. The lowest BCUT2D eigenvalue weighted by molar-refractivity contribution is 0.0950. The predicted octanol–water partition coefficient (Wildman–Crippen LogP) is 2.70. The molecule has 9 heteroatoms. The number of halogens is 1. The third-order valence-corrected chi connectivity index (χ3v) is 4.74. The monoisotopic (exact) mass is 403 g/mol. The lowest BCUT2D eigenvalue weighted by Crippen LogP contribution is -2.25. The number of nitrogens with two attached hydrogens (primary N) is 1. The summed E-state index contributed by atoms with van der Waals surface area (Å²) in [6.45, 7) is 0.383. The Morgan fingerprint density at radius 3 is 2.77 bits per heavy atom. The number of carbonyl (C=O) groups excluding carboxylic acids is 1. The summed E-state index contributed by atoms with van der Waals surface area (Å²) in [6.07, 6.45) is 1.01. The summed E-state index contributed by atoms with van der Waals surface area (Å²) < 4.78 is 14.6. The molecule has 0 aliphatic heterocycles. The molecule has 0 aliphatic rings. The van der Waals surface area contributed by atoms with Gasteiger partial charge in [0.15, 0.2) is 5.69 Å². The van der Waals surface area contributed by atoms with Crippen molar-refractivity contribution in [2.45, 2.75) is 12.8 Å². The van der Waals surface area contributed by atoms with Crippen molar-refractivity contribution in [3.05, 3.63) is 71.3 Å². The lowest BCUT2D eigenvalue weighted by Gasteiger charge is -2.03. The fourth-order valence-corrected chi connectivity index (χ4v) is 3.23. The minimum atomic E-state index is -0.370. The molecule has 30 heavy (non-hydrogen) atoms. The molecule has 0 spiro atoms. The Morgan fingerprint density at radius 1 is 1.23 bits per heavy atom. The minimum Gasteiger partial charge on any atom is -0.382 e. The number of aryl methyl sites for hydroxylation is 1. The fraction of sp³-hybridized carbons (Fsp3) is 0.143. The normalized spacial score (nSPS) is 10.8. The maximum atomic E-state index is 13.2. The molecule has 1 amide bonds. The SMILES string of the molecule is N#Cc1c(CCCNC(=O)c2n[nH]c3ccccc23)nn(-c2ccc(F)cc2)c1N. The van der Waals surface area contributed by atoms with Gasteiger partial charge in [0.1, 0.15) is 23.3 Å². The number of nitrogens with one attached hydrogen (secondary N) is 2. The molecular formula is C21H18FN7O. The van der Waals surface area contributed by atoms with Gasteiger partial charge in [-0.3, -0.25) is 9.89 Å². The van der Waals surface area contributed by atoms with Crippen LogP contribution in [0.25, 0.3) is 16.6 Å². The fourth-order valence-electron chi connectivity index (χ4n) is 3.23. The highest BCUT2D eigenvalue weighted by Gasteiger charge is 2.17. The van der Waals surface area contributed by atoms with Crippen LogP contribution in [0.1, 0.15) is 28.2 Å². The van der Waals surface area contributed by atoms with E-state index in [-0.39, 0.29) is 23.1 Å². The molecule has 4 aromatic rings. The Kier molecular flexibility index (Phi) is 5.13. The van der Waals surface area contributed by atoms with Gasteiger partial charge in [-0.2, -0.15) is 15.5 Å². The standard InChI is InChI=1S/C21H18FN7O/c22-13-7-9-14(10-8-13)29-20(24)16(12-23)18(28-29)6-3-11-25-21(30)19-15-4-1-2-5-17(15)26-27-19/h1-2,4-5,7-10H,3,6,11,24H2,(H,25,30)(H,26,27). The number of anilines is 1. The van der Waals surface area contributed by atoms with Gasteiger partial charge in [0.05, 0.1) is 16.9 Å². The van der Waals surface area contributed by atoms with E-state index in [4.69, 9.17) is 5.73 Å². The van der Waals surface area contributed by atoms with E-state index in [0.717, 1.165) is 10.9 Å². The zero-order valence-corrected chi connectivity index (χ0v) is 15.9. The second kappa shape index (κ2) is 8.05. The predicted molar refractivity (Wildman–Crippen MR) is 109 cm³/mol. The van der Waals surface area contributed by atoms with E-state index < -0.39 is 0 Å². The van der Waals surface area contributed by atoms with Crippen molar-refractivity contribution in [2.75, 3.05) is 12.3 Å². The number of nitrogens with zero attached hydrogens (tertiary/aromatic N) is 4. The van der Waals surface area contributed by atoms with Crippen LogP contribution in [-0.2, 0) is 6.42 Å². The van der Waals surface area contributed by atoms with Crippen molar-refractivity contribution in [1.29, 1.82) is 5.26 Å². The van der Waals surface area contributed by atoms with E-state index in [2.05, 4.69) is 26.7 Å². The smallest absolute Gasteiger partial charge is 0.272 e. The molecule has 0 bridgehead atoms. The van der Waals surface area contributed by atoms with Gasteiger partial charge in [0, 0.05) is 11.9 Å². The van der Waals surface area contributed by atoms with Crippen molar-refractivity contribution in [3.63, 3.8) is 0 Å². The Labute approximate surface area is 171 Å². The summed E-state index contributed by atoms with van der Waals surface area (Å²) in [7, 11) is 0. The van der Waals surface area contributed by atoms with Crippen LogP contribution < -0.4 is 11.1 Å². The molecule has 0 fully saturated rings. The van der Waals surface area contributed by atoms with Crippen molar-refractivity contribution in [2.24, 2.45) is 0 Å². The number of benzene rings is 2. The number of H-pyrrole nitrogens is 1. The molecular weight excluding hydrogens is 385 g/mol. The van der Waals surface area contributed by atoms with E-state index in [1.54, 1.807) is 0 Å². The first kappa shape index (κ1) is 19.1. The quantitative estimate of drug-likeness (QED) is 0.427. The Balaban J connectivity index is 1.41. The number of nitriles is 1. The highest BCUT2D eigenvalue weighted by atomic mass is 19.1. The summed E-state index contributed by atoms with van der Waals surface area (Å²) in [4.78, 5) is 12.4. The topological polar surface area (TPSA) is 125 Å². The van der Waals surface area contributed by atoms with Gasteiger partial charge in [-0.05, 0) is 43.2 Å². The van der Waals surface area contributed by atoms with E-state index in [1.807, 2.05) is 24.3 Å². The molecule has 2 heterocycles. The first-order chi connectivity index (χ1) is 14.6. The average Bonchev–Trinajstić information content (AvgIpc) is 3.32. The molecule has 4 rings (SSSR count). The number of hydrogen-bond donors (Lipinski definition) is 3. The highest BCUT2D eigenvalue weighted by Crippen LogP contribution is 2.22. The Morgan fingerprint density at radius 2 is 2.00 bits per heavy atom. The van der Waals surface area contributed by atoms with Gasteiger partial charge < -0.3 is 11.1 Å². The maximum Gasteiger partial charge on any atom is 0.272 e. The van der Waals surface area contributed by atoms with Gasteiger partial charge in [0.2, 0.25) is 0 Å². The van der Waals surface area contributed by atoms with Crippen LogP contribution in [0, 0.1) is 17.1 Å². The van der Waals surface area contributed by atoms with E-state index in [1.165, 1.54) is 28.9 Å². The Bertz CT molecular complexity index is 1250. The van der Waals surface area contributed by atoms with Crippen LogP contribution in [0.4, 0.5) is 10.2 Å². The number of fused-ring (bicyclic) bond motifs is 1. The number of nitrogen functional groups attached to an aromatic ring is 1. The van der Waals surface area contributed by atoms with Crippen LogP contribution >= 0.6 is 0 Å². The summed E-state index contributed by atoms with van der Waals surface area (Å²) in [5.74, 6) is -0.443. The molecule has 150 valence electrons. The summed E-state index contributed by atoms with van der Waals surface area (Å²) in [5, 5.41) is 24.3. The molecule has 0 saturated heterocycles.